The summed E-state index contributed by atoms with van der Waals surface area (Å²) in [5.74, 6) is 1.17. The quantitative estimate of drug-likeness (QED) is 0.666. The molecule has 0 atom stereocenters. The monoisotopic (exact) mass is 409 g/mol. The maximum absolute atomic E-state index is 13.1. The van der Waals surface area contributed by atoms with E-state index in [-0.39, 0.29) is 0 Å². The number of nitrogens with zero attached hydrogens (tertiary/aromatic N) is 1. The molecular weight excluding hydrogens is 374 g/mol. The molecule has 0 bridgehead atoms. The Hall–Kier alpha value is -2.37. The highest BCUT2D eigenvalue weighted by Crippen LogP contribution is 2.28. The van der Waals surface area contributed by atoms with Crippen molar-refractivity contribution >= 4 is 5.91 Å². The minimum absolute atomic E-state index is 0.311. The van der Waals surface area contributed by atoms with Crippen molar-refractivity contribution in [3.05, 3.63) is 65.2 Å². The molecule has 1 heterocycles. The van der Waals surface area contributed by atoms with E-state index in [4.69, 9.17) is 4.74 Å². The zero-order chi connectivity index (χ0) is 20.9. The Balaban J connectivity index is 1.28. The van der Waals surface area contributed by atoms with Gasteiger partial charge in [0.05, 0.1) is 7.11 Å². The Bertz CT molecular complexity index is 840. The molecule has 2 fully saturated rings. The molecule has 1 amide bonds. The normalized spacial score (nSPS) is 21.3. The fourth-order valence-electron chi connectivity index (χ4n) is 4.44. The summed E-state index contributed by atoms with van der Waals surface area (Å²) in [6.45, 7) is 9.07. The molecule has 1 saturated carbocycles. The molecule has 160 valence electrons. The van der Waals surface area contributed by atoms with Gasteiger partial charge in [-0.2, -0.15) is 0 Å². The lowest BCUT2D eigenvalue weighted by Gasteiger charge is -2.31. The number of hydrogen-bond donors (Lipinski definition) is 2. The molecule has 0 spiro atoms. The van der Waals surface area contributed by atoms with Crippen molar-refractivity contribution < 1.29 is 19.3 Å². The number of aryl methyl sites for hydroxylation is 1. The Morgan fingerprint density at radius 3 is 2.30 bits per heavy atom. The van der Waals surface area contributed by atoms with Gasteiger partial charge in [-0.15, -0.1) is 0 Å². The largest absolute Gasteiger partial charge is 0.497 e. The van der Waals surface area contributed by atoms with E-state index in [0.717, 1.165) is 51.3 Å². The van der Waals surface area contributed by atoms with E-state index < -0.39 is 0 Å². The van der Waals surface area contributed by atoms with E-state index >= 15 is 0 Å². The van der Waals surface area contributed by atoms with Crippen LogP contribution in [0.2, 0.25) is 0 Å². The fraction of sp³-hybridized carbons (Fsp3) is 0.480. The molecule has 2 aromatic carbocycles. The summed E-state index contributed by atoms with van der Waals surface area (Å²) >= 11 is 0. The predicted octanol–water partition coefficient (Wildman–Crippen LogP) is 0.478. The van der Waals surface area contributed by atoms with Crippen molar-refractivity contribution in [2.24, 2.45) is 0 Å². The zero-order valence-corrected chi connectivity index (χ0v) is 18.3. The number of carbonyl (C=O) groups is 1. The first-order chi connectivity index (χ1) is 14.6. The maximum Gasteiger partial charge on any atom is 0.278 e. The van der Waals surface area contributed by atoms with Gasteiger partial charge in [0.25, 0.3) is 5.91 Å². The van der Waals surface area contributed by atoms with E-state index in [9.17, 15) is 4.79 Å². The highest BCUT2D eigenvalue weighted by atomic mass is 16.5. The third kappa shape index (κ3) is 5.41. The first kappa shape index (κ1) is 20.9. The van der Waals surface area contributed by atoms with Crippen molar-refractivity contribution in [1.82, 2.24) is 4.90 Å². The number of hydrogen-bond acceptors (Lipinski definition) is 2. The summed E-state index contributed by atoms with van der Waals surface area (Å²) < 4.78 is 5.25. The van der Waals surface area contributed by atoms with Gasteiger partial charge in [0.2, 0.25) is 0 Å². The number of carbonyl (C=O) groups excluding carboxylic acids is 1. The van der Waals surface area contributed by atoms with E-state index in [1.807, 2.05) is 12.1 Å². The van der Waals surface area contributed by atoms with E-state index in [1.165, 1.54) is 21.6 Å². The first-order valence-corrected chi connectivity index (χ1v) is 11.3. The van der Waals surface area contributed by atoms with Crippen LogP contribution in [0.15, 0.2) is 48.5 Å². The van der Waals surface area contributed by atoms with Crippen LogP contribution in [0.4, 0.5) is 0 Å². The van der Waals surface area contributed by atoms with Gasteiger partial charge in [-0.05, 0) is 43.0 Å². The number of benzene rings is 2. The van der Waals surface area contributed by atoms with Crippen LogP contribution in [0, 0.1) is 6.92 Å². The lowest BCUT2D eigenvalue weighted by molar-refractivity contribution is -1.02. The number of methoxy groups -OCH3 is 1. The molecule has 1 aliphatic heterocycles. The van der Waals surface area contributed by atoms with Gasteiger partial charge >= 0.3 is 0 Å². The summed E-state index contributed by atoms with van der Waals surface area (Å²) in [5.41, 5.74) is 4.01. The summed E-state index contributed by atoms with van der Waals surface area (Å²) in [6, 6.07) is 17.2. The molecule has 30 heavy (non-hydrogen) atoms. The van der Waals surface area contributed by atoms with Crippen LogP contribution in [-0.2, 0) is 17.9 Å². The number of rotatable bonds is 8. The van der Waals surface area contributed by atoms with Crippen molar-refractivity contribution in [2.45, 2.75) is 38.9 Å². The Morgan fingerprint density at radius 2 is 1.67 bits per heavy atom. The number of ether oxygens (including phenoxy) is 1. The minimum atomic E-state index is 0.311. The van der Waals surface area contributed by atoms with Crippen molar-refractivity contribution in [2.75, 3.05) is 39.8 Å². The van der Waals surface area contributed by atoms with Crippen LogP contribution >= 0.6 is 0 Å². The fourth-order valence-corrected chi connectivity index (χ4v) is 4.44. The second kappa shape index (κ2) is 9.63. The summed E-state index contributed by atoms with van der Waals surface area (Å²) in [7, 11) is 1.68. The van der Waals surface area contributed by atoms with Gasteiger partial charge < -0.3 is 19.4 Å². The van der Waals surface area contributed by atoms with Crippen molar-refractivity contribution in [1.29, 1.82) is 0 Å². The molecule has 5 heteroatoms. The third-order valence-corrected chi connectivity index (χ3v) is 6.59. The molecule has 5 nitrogen and oxygen atoms in total. The predicted molar refractivity (Wildman–Crippen MR) is 118 cm³/mol. The Labute approximate surface area is 180 Å². The lowest BCUT2D eigenvalue weighted by atomic mass is 10.1. The van der Waals surface area contributed by atoms with Crippen LogP contribution in [0.5, 0.6) is 5.75 Å². The zero-order valence-electron chi connectivity index (χ0n) is 18.3. The molecule has 4 rings (SSSR count). The smallest absolute Gasteiger partial charge is 0.278 e. The molecule has 2 N–H and O–H groups in total. The van der Waals surface area contributed by atoms with Crippen LogP contribution in [0.3, 0.4) is 0 Å². The average molecular weight is 410 g/mol. The van der Waals surface area contributed by atoms with Gasteiger partial charge in [-0.25, -0.2) is 0 Å². The number of quaternary nitrogens is 2. The van der Waals surface area contributed by atoms with Gasteiger partial charge in [-0.3, -0.25) is 4.79 Å². The molecule has 1 saturated heterocycles. The SMILES string of the molecule is COc1ccc(CN(C(=O)C[NH+]2CC[NH+](Cc3ccccc3C)CC2)C2CC2)cc1. The Morgan fingerprint density at radius 1 is 1.00 bits per heavy atom. The topological polar surface area (TPSA) is 38.4 Å². The maximum atomic E-state index is 13.1. The van der Waals surface area contributed by atoms with Crippen molar-refractivity contribution in [3.8, 4) is 5.75 Å². The molecule has 0 radical (unpaired) electrons. The molecule has 0 aromatic heterocycles. The van der Waals surface area contributed by atoms with Crippen LogP contribution in [0.25, 0.3) is 0 Å². The summed E-state index contributed by atoms with van der Waals surface area (Å²) in [6.07, 6.45) is 2.29. The van der Waals surface area contributed by atoms with Gasteiger partial charge in [0.15, 0.2) is 6.54 Å². The average Bonchev–Trinajstić information content (AvgIpc) is 3.60. The van der Waals surface area contributed by atoms with Crippen molar-refractivity contribution in [3.63, 3.8) is 0 Å². The third-order valence-electron chi connectivity index (χ3n) is 6.59. The van der Waals surface area contributed by atoms with E-state index in [0.29, 0.717) is 25.0 Å². The Kier molecular flexibility index (Phi) is 6.70. The minimum Gasteiger partial charge on any atom is -0.497 e. The van der Waals surface area contributed by atoms with Gasteiger partial charge in [0, 0.05) is 18.2 Å². The van der Waals surface area contributed by atoms with Gasteiger partial charge in [-0.1, -0.05) is 36.4 Å². The summed E-state index contributed by atoms with van der Waals surface area (Å²) in [4.78, 5) is 18.3. The number of nitrogens with one attached hydrogen (secondary N) is 2. The molecule has 1 aliphatic carbocycles. The van der Waals surface area contributed by atoms with Crippen LogP contribution in [0.1, 0.15) is 29.5 Å². The number of piperazine rings is 1. The van der Waals surface area contributed by atoms with Gasteiger partial charge in [0.1, 0.15) is 38.5 Å². The standard InChI is InChI=1S/C25H33N3O2/c1-20-5-3-4-6-22(20)18-26-13-15-27(16-14-26)19-25(29)28(23-9-10-23)17-21-7-11-24(30-2)12-8-21/h3-8,11-12,23H,9-10,13-19H2,1-2H3/p+2. The molecule has 2 aliphatic rings. The highest BCUT2D eigenvalue weighted by Gasteiger charge is 2.35. The second-order valence-corrected chi connectivity index (χ2v) is 8.88. The molecular formula is C25H35N3O2+2. The van der Waals surface area contributed by atoms with E-state index in [1.54, 1.807) is 12.0 Å². The van der Waals surface area contributed by atoms with E-state index in [2.05, 4.69) is 48.2 Å². The number of amides is 1. The molecule has 2 aromatic rings. The second-order valence-electron chi connectivity index (χ2n) is 8.88. The summed E-state index contributed by atoms with van der Waals surface area (Å²) in [5, 5.41) is 0. The van der Waals surface area contributed by atoms with Crippen LogP contribution in [-0.4, -0.2) is 56.7 Å². The highest BCUT2D eigenvalue weighted by molar-refractivity contribution is 5.77. The molecule has 0 unspecified atom stereocenters. The van der Waals surface area contributed by atoms with Crippen LogP contribution < -0.4 is 14.5 Å². The lowest BCUT2D eigenvalue weighted by Crippen LogP contribution is -3.28. The first-order valence-electron chi connectivity index (χ1n) is 11.3.